The number of hydrogen-bond donors (Lipinski definition) is 2. The van der Waals surface area contributed by atoms with Crippen LogP contribution in [-0.2, 0) is 6.18 Å². The first-order chi connectivity index (χ1) is 9.52. The Bertz CT molecular complexity index is 437. The SMILES string of the molecule is OCC1CCCCC1CNc1ncccc1C(F)(F)F. The summed E-state index contributed by atoms with van der Waals surface area (Å²) in [5, 5.41) is 12.1. The quantitative estimate of drug-likeness (QED) is 0.893. The zero-order chi connectivity index (χ0) is 14.6. The summed E-state index contributed by atoms with van der Waals surface area (Å²) >= 11 is 0. The molecule has 3 nitrogen and oxygen atoms in total. The smallest absolute Gasteiger partial charge is 0.396 e. The van der Waals surface area contributed by atoms with Gasteiger partial charge in [-0.25, -0.2) is 4.98 Å². The number of aliphatic hydroxyl groups is 1. The number of rotatable bonds is 4. The average Bonchev–Trinajstić information content (AvgIpc) is 2.44. The van der Waals surface area contributed by atoms with Gasteiger partial charge in [0, 0.05) is 19.3 Å². The van der Waals surface area contributed by atoms with Crippen LogP contribution in [0.2, 0.25) is 0 Å². The molecule has 6 heteroatoms. The lowest BCUT2D eigenvalue weighted by Crippen LogP contribution is -2.29. The summed E-state index contributed by atoms with van der Waals surface area (Å²) in [6.07, 6.45) is 0.974. The maximum absolute atomic E-state index is 12.8. The van der Waals surface area contributed by atoms with E-state index in [4.69, 9.17) is 0 Å². The lowest BCUT2D eigenvalue weighted by atomic mass is 9.79. The predicted molar refractivity (Wildman–Crippen MR) is 70.3 cm³/mol. The molecule has 0 saturated heterocycles. The van der Waals surface area contributed by atoms with Crippen LogP contribution in [0, 0.1) is 11.8 Å². The lowest BCUT2D eigenvalue weighted by Gasteiger charge is -2.30. The third kappa shape index (κ3) is 3.62. The summed E-state index contributed by atoms with van der Waals surface area (Å²) < 4.78 is 38.5. The van der Waals surface area contributed by atoms with E-state index in [2.05, 4.69) is 10.3 Å². The van der Waals surface area contributed by atoms with Crippen molar-refractivity contribution in [3.63, 3.8) is 0 Å². The van der Waals surface area contributed by atoms with E-state index >= 15 is 0 Å². The number of aliphatic hydroxyl groups excluding tert-OH is 1. The second-order valence-corrected chi connectivity index (χ2v) is 5.27. The Balaban J connectivity index is 2.03. The van der Waals surface area contributed by atoms with Crippen molar-refractivity contribution >= 4 is 5.82 Å². The molecule has 112 valence electrons. The highest BCUT2D eigenvalue weighted by molar-refractivity contribution is 5.45. The molecule has 0 aromatic carbocycles. The van der Waals surface area contributed by atoms with Crippen molar-refractivity contribution in [2.24, 2.45) is 11.8 Å². The zero-order valence-electron chi connectivity index (χ0n) is 11.2. The number of hydrogen-bond acceptors (Lipinski definition) is 3. The molecule has 0 amide bonds. The summed E-state index contributed by atoms with van der Waals surface area (Å²) in [5.74, 6) is 0.258. The molecule has 2 rings (SSSR count). The average molecular weight is 288 g/mol. The summed E-state index contributed by atoms with van der Waals surface area (Å²) in [5.41, 5.74) is -0.739. The fourth-order valence-corrected chi connectivity index (χ4v) is 2.80. The Morgan fingerprint density at radius 3 is 2.60 bits per heavy atom. The minimum absolute atomic E-state index is 0.0979. The fraction of sp³-hybridized carbons (Fsp3) is 0.643. The van der Waals surface area contributed by atoms with Crippen molar-refractivity contribution in [3.8, 4) is 0 Å². The number of pyridine rings is 1. The van der Waals surface area contributed by atoms with E-state index in [1.807, 2.05) is 0 Å². The highest BCUT2D eigenvalue weighted by Gasteiger charge is 2.34. The number of aromatic nitrogens is 1. The monoisotopic (exact) mass is 288 g/mol. The van der Waals surface area contributed by atoms with Crippen molar-refractivity contribution in [1.82, 2.24) is 4.98 Å². The standard InChI is InChI=1S/C14H19F3N2O/c15-14(16,17)12-6-3-7-18-13(12)19-8-10-4-1-2-5-11(10)9-20/h3,6-7,10-11,20H,1-2,4-5,8-9H2,(H,18,19). The van der Waals surface area contributed by atoms with Crippen LogP contribution >= 0.6 is 0 Å². The topological polar surface area (TPSA) is 45.1 Å². The van der Waals surface area contributed by atoms with Gasteiger partial charge >= 0.3 is 6.18 Å². The predicted octanol–water partition coefficient (Wildman–Crippen LogP) is 3.31. The number of anilines is 1. The van der Waals surface area contributed by atoms with E-state index in [-0.39, 0.29) is 24.3 Å². The number of nitrogens with zero attached hydrogens (tertiary/aromatic N) is 1. The maximum Gasteiger partial charge on any atom is 0.419 e. The van der Waals surface area contributed by atoms with Crippen LogP contribution < -0.4 is 5.32 Å². The summed E-state index contributed by atoms with van der Waals surface area (Å²) in [6.45, 7) is 0.520. The number of alkyl halides is 3. The molecule has 1 aromatic heterocycles. The minimum Gasteiger partial charge on any atom is -0.396 e. The van der Waals surface area contributed by atoms with E-state index in [0.717, 1.165) is 31.7 Å². The van der Waals surface area contributed by atoms with Gasteiger partial charge in [0.1, 0.15) is 5.82 Å². The van der Waals surface area contributed by atoms with Gasteiger partial charge in [0.25, 0.3) is 0 Å². The molecule has 0 bridgehead atoms. The first-order valence-corrected chi connectivity index (χ1v) is 6.89. The van der Waals surface area contributed by atoms with Gasteiger partial charge in [0.15, 0.2) is 0 Å². The summed E-state index contributed by atoms with van der Waals surface area (Å²) in [6, 6.07) is 2.31. The van der Waals surface area contributed by atoms with Crippen molar-refractivity contribution in [2.75, 3.05) is 18.5 Å². The first-order valence-electron chi connectivity index (χ1n) is 6.89. The van der Waals surface area contributed by atoms with Gasteiger partial charge in [0.2, 0.25) is 0 Å². The summed E-state index contributed by atoms with van der Waals surface area (Å²) in [4.78, 5) is 3.79. The second-order valence-electron chi connectivity index (χ2n) is 5.27. The van der Waals surface area contributed by atoms with Crippen LogP contribution in [-0.4, -0.2) is 23.2 Å². The van der Waals surface area contributed by atoms with E-state index < -0.39 is 11.7 Å². The normalized spacial score (nSPS) is 23.6. The zero-order valence-corrected chi connectivity index (χ0v) is 11.2. The van der Waals surface area contributed by atoms with Crippen molar-refractivity contribution in [3.05, 3.63) is 23.9 Å². The Morgan fingerprint density at radius 2 is 1.95 bits per heavy atom. The maximum atomic E-state index is 12.8. The molecule has 0 radical (unpaired) electrons. The third-order valence-corrected chi connectivity index (χ3v) is 3.95. The molecule has 20 heavy (non-hydrogen) atoms. The fourth-order valence-electron chi connectivity index (χ4n) is 2.80. The van der Waals surface area contributed by atoms with Crippen LogP contribution in [0.15, 0.2) is 18.3 Å². The van der Waals surface area contributed by atoms with Gasteiger partial charge in [-0.3, -0.25) is 0 Å². The molecule has 2 atom stereocenters. The van der Waals surface area contributed by atoms with Gasteiger partial charge in [-0.15, -0.1) is 0 Å². The molecular formula is C14H19F3N2O. The molecule has 1 aliphatic rings. The first kappa shape index (κ1) is 15.1. The van der Waals surface area contributed by atoms with Crippen LogP contribution in [0.4, 0.5) is 19.0 Å². The molecule has 1 aromatic rings. The van der Waals surface area contributed by atoms with Crippen molar-refractivity contribution < 1.29 is 18.3 Å². The summed E-state index contributed by atoms with van der Waals surface area (Å²) in [7, 11) is 0. The molecule has 1 aliphatic carbocycles. The Hall–Kier alpha value is -1.30. The second kappa shape index (κ2) is 6.43. The molecule has 1 heterocycles. The van der Waals surface area contributed by atoms with Gasteiger partial charge in [0.05, 0.1) is 5.56 Å². The molecular weight excluding hydrogens is 269 g/mol. The molecule has 0 spiro atoms. The van der Waals surface area contributed by atoms with Crippen LogP contribution in [0.5, 0.6) is 0 Å². The molecule has 0 aliphatic heterocycles. The van der Waals surface area contributed by atoms with Gasteiger partial charge in [-0.1, -0.05) is 12.8 Å². The largest absolute Gasteiger partial charge is 0.419 e. The van der Waals surface area contributed by atoms with E-state index in [1.54, 1.807) is 0 Å². The molecule has 1 fully saturated rings. The van der Waals surface area contributed by atoms with E-state index in [0.29, 0.717) is 6.54 Å². The number of nitrogens with one attached hydrogen (secondary N) is 1. The minimum atomic E-state index is -4.40. The van der Waals surface area contributed by atoms with Gasteiger partial charge < -0.3 is 10.4 Å². The van der Waals surface area contributed by atoms with Crippen molar-refractivity contribution in [2.45, 2.75) is 31.9 Å². The lowest BCUT2D eigenvalue weighted by molar-refractivity contribution is -0.137. The highest BCUT2D eigenvalue weighted by atomic mass is 19.4. The van der Waals surface area contributed by atoms with Gasteiger partial charge in [-0.2, -0.15) is 13.2 Å². The van der Waals surface area contributed by atoms with E-state index in [1.165, 1.54) is 12.3 Å². The van der Waals surface area contributed by atoms with Crippen LogP contribution in [0.1, 0.15) is 31.2 Å². The molecule has 2 N–H and O–H groups in total. The molecule has 1 saturated carbocycles. The Kier molecular flexibility index (Phi) is 4.86. The van der Waals surface area contributed by atoms with Crippen molar-refractivity contribution in [1.29, 1.82) is 0 Å². The van der Waals surface area contributed by atoms with E-state index in [9.17, 15) is 18.3 Å². The molecule has 2 unspecified atom stereocenters. The Morgan fingerprint density at radius 1 is 1.25 bits per heavy atom. The van der Waals surface area contributed by atoms with Crippen LogP contribution in [0.25, 0.3) is 0 Å². The number of halogens is 3. The Labute approximate surface area is 116 Å². The van der Waals surface area contributed by atoms with Gasteiger partial charge in [-0.05, 0) is 36.8 Å². The third-order valence-electron chi connectivity index (χ3n) is 3.95. The highest BCUT2D eigenvalue weighted by Crippen LogP contribution is 2.34. The van der Waals surface area contributed by atoms with Crippen LogP contribution in [0.3, 0.4) is 0 Å².